The van der Waals surface area contributed by atoms with Crippen LogP contribution in [0.4, 0.5) is 5.69 Å². The summed E-state index contributed by atoms with van der Waals surface area (Å²) in [6.45, 7) is 7.37. The lowest BCUT2D eigenvalue weighted by Gasteiger charge is -2.35. The molecule has 2 heterocycles. The van der Waals surface area contributed by atoms with E-state index < -0.39 is 26.7 Å². The molecule has 1 N–H and O–H groups in total. The van der Waals surface area contributed by atoms with Gasteiger partial charge in [-0.25, -0.2) is 8.42 Å². The van der Waals surface area contributed by atoms with Crippen LogP contribution in [0.5, 0.6) is 5.75 Å². The maximum Gasteiger partial charge on any atom is 0.312 e. The molecule has 168 valence electrons. The fraction of sp³-hybridized carbons (Fsp3) is 0.700. The van der Waals surface area contributed by atoms with Crippen molar-refractivity contribution in [3.8, 4) is 5.75 Å². The van der Waals surface area contributed by atoms with Crippen LogP contribution < -0.4 is 4.74 Å². The Bertz CT molecular complexity index is 846. The van der Waals surface area contributed by atoms with Gasteiger partial charge in [-0.1, -0.05) is 13.8 Å². The predicted molar refractivity (Wildman–Crippen MR) is 112 cm³/mol. The first kappa shape index (κ1) is 22.9. The third-order valence-electron chi connectivity index (χ3n) is 5.67. The van der Waals surface area contributed by atoms with E-state index >= 15 is 0 Å². The van der Waals surface area contributed by atoms with Gasteiger partial charge in [0.2, 0.25) is 10.0 Å². The zero-order valence-electron chi connectivity index (χ0n) is 17.6. The van der Waals surface area contributed by atoms with Crippen LogP contribution in [0.25, 0.3) is 0 Å². The Labute approximate surface area is 177 Å². The lowest BCUT2D eigenvalue weighted by atomic mass is 9.92. The number of hydrogen-bond acceptors (Lipinski definition) is 7. The average molecular weight is 442 g/mol. The molecule has 0 aromatic heterocycles. The van der Waals surface area contributed by atoms with Crippen molar-refractivity contribution < 1.29 is 23.2 Å². The van der Waals surface area contributed by atoms with E-state index in [0.717, 1.165) is 32.0 Å². The largest absolute Gasteiger partial charge is 0.484 e. The number of aliphatic hydroxyl groups is 1. The van der Waals surface area contributed by atoms with Crippen molar-refractivity contribution in [2.45, 2.75) is 44.1 Å². The van der Waals surface area contributed by atoms with Crippen LogP contribution in [0.15, 0.2) is 23.1 Å². The summed E-state index contributed by atoms with van der Waals surface area (Å²) in [5, 5.41) is 21.9. The summed E-state index contributed by atoms with van der Waals surface area (Å²) in [5.74, 6) is 1.08. The van der Waals surface area contributed by atoms with Gasteiger partial charge in [-0.15, -0.1) is 0 Å². The molecule has 1 aromatic carbocycles. The first-order valence-corrected chi connectivity index (χ1v) is 11.9. The highest BCUT2D eigenvalue weighted by Crippen LogP contribution is 2.32. The predicted octanol–water partition coefficient (Wildman–Crippen LogP) is 2.10. The summed E-state index contributed by atoms with van der Waals surface area (Å²) in [5.41, 5.74) is -0.414. The number of nitro benzene ring substituents is 1. The quantitative estimate of drug-likeness (QED) is 0.485. The molecule has 3 atom stereocenters. The number of likely N-dealkylation sites (tertiary alicyclic amines) is 1. The molecule has 2 fully saturated rings. The number of nitro groups is 1. The Morgan fingerprint density at radius 1 is 1.23 bits per heavy atom. The Hall–Kier alpha value is -1.75. The zero-order chi connectivity index (χ0) is 21.9. The summed E-state index contributed by atoms with van der Waals surface area (Å²) in [4.78, 5) is 12.9. The average Bonchev–Trinajstić information content (AvgIpc) is 3.21. The van der Waals surface area contributed by atoms with Crippen molar-refractivity contribution >= 4 is 15.7 Å². The van der Waals surface area contributed by atoms with Gasteiger partial charge in [0, 0.05) is 38.8 Å². The molecule has 0 saturated carbocycles. The van der Waals surface area contributed by atoms with Gasteiger partial charge in [-0.3, -0.25) is 10.1 Å². The van der Waals surface area contributed by atoms with Crippen molar-refractivity contribution in [1.82, 2.24) is 9.21 Å². The van der Waals surface area contributed by atoms with Crippen LogP contribution in [0.3, 0.4) is 0 Å². The number of benzene rings is 1. The van der Waals surface area contributed by atoms with E-state index in [0.29, 0.717) is 31.5 Å². The molecule has 3 rings (SSSR count). The van der Waals surface area contributed by atoms with Crippen LogP contribution in [0.2, 0.25) is 0 Å². The fourth-order valence-corrected chi connectivity index (χ4v) is 6.02. The van der Waals surface area contributed by atoms with Crippen LogP contribution in [0.1, 0.15) is 33.1 Å². The van der Waals surface area contributed by atoms with E-state index in [2.05, 4.69) is 18.7 Å². The summed E-state index contributed by atoms with van der Waals surface area (Å²) in [7, 11) is -3.76. The van der Waals surface area contributed by atoms with Gasteiger partial charge < -0.3 is 14.7 Å². The van der Waals surface area contributed by atoms with E-state index in [1.165, 1.54) is 22.9 Å². The minimum Gasteiger partial charge on any atom is -0.484 e. The monoisotopic (exact) mass is 441 g/mol. The molecule has 2 aliphatic rings. The number of rotatable bonds is 8. The topological polar surface area (TPSA) is 113 Å². The molecule has 3 unspecified atom stereocenters. The molecule has 0 bridgehead atoms. The highest BCUT2D eigenvalue weighted by atomic mass is 32.2. The van der Waals surface area contributed by atoms with Crippen molar-refractivity contribution in [2.75, 3.05) is 39.3 Å². The Morgan fingerprint density at radius 3 is 2.47 bits per heavy atom. The van der Waals surface area contributed by atoms with E-state index in [1.807, 2.05) is 0 Å². The van der Waals surface area contributed by atoms with Gasteiger partial charge in [0.15, 0.2) is 5.75 Å². The molecule has 0 aliphatic carbocycles. The Morgan fingerprint density at radius 2 is 1.87 bits per heavy atom. The SMILES string of the molecule is CC1CC(C)CN(CC(O)COc2ccc(S(=O)(=O)N3CCCC3)cc2[N+](=O)[O-])C1. The van der Waals surface area contributed by atoms with Gasteiger partial charge >= 0.3 is 5.69 Å². The molecular formula is C20H31N3O6S. The lowest BCUT2D eigenvalue weighted by molar-refractivity contribution is -0.386. The van der Waals surface area contributed by atoms with E-state index in [-0.39, 0.29) is 17.3 Å². The van der Waals surface area contributed by atoms with Crippen molar-refractivity contribution in [3.63, 3.8) is 0 Å². The summed E-state index contributed by atoms with van der Waals surface area (Å²) < 4.78 is 32.2. The molecule has 10 heteroatoms. The summed E-state index contributed by atoms with van der Waals surface area (Å²) in [6, 6.07) is 3.68. The maximum atomic E-state index is 12.7. The third-order valence-corrected chi connectivity index (χ3v) is 7.57. The van der Waals surface area contributed by atoms with Gasteiger partial charge in [-0.05, 0) is 43.2 Å². The number of aliphatic hydroxyl groups excluding tert-OH is 1. The second-order valence-corrected chi connectivity index (χ2v) is 10.6. The Balaban J connectivity index is 1.66. The lowest BCUT2D eigenvalue weighted by Crippen LogP contribution is -2.44. The van der Waals surface area contributed by atoms with Crippen LogP contribution in [-0.2, 0) is 10.0 Å². The molecule has 0 spiro atoms. The standard InChI is InChI=1S/C20H31N3O6S/c1-15-9-16(2)12-21(11-15)13-17(24)14-29-20-6-5-18(10-19(20)23(25)26)30(27,28)22-7-3-4-8-22/h5-6,10,15-17,24H,3-4,7-9,11-14H2,1-2H3. The first-order valence-electron chi connectivity index (χ1n) is 10.5. The smallest absolute Gasteiger partial charge is 0.312 e. The van der Waals surface area contributed by atoms with E-state index in [1.54, 1.807) is 0 Å². The van der Waals surface area contributed by atoms with Crippen molar-refractivity contribution in [2.24, 2.45) is 11.8 Å². The molecule has 1 aromatic rings. The number of nitrogens with zero attached hydrogens (tertiary/aromatic N) is 3. The van der Waals surface area contributed by atoms with Crippen molar-refractivity contribution in [3.05, 3.63) is 28.3 Å². The third kappa shape index (κ3) is 5.48. The van der Waals surface area contributed by atoms with Gasteiger partial charge in [0.05, 0.1) is 9.82 Å². The molecule has 2 aliphatic heterocycles. The van der Waals surface area contributed by atoms with Gasteiger partial charge in [0.25, 0.3) is 0 Å². The number of sulfonamides is 1. The zero-order valence-corrected chi connectivity index (χ0v) is 18.4. The number of piperidine rings is 1. The van der Waals surface area contributed by atoms with Crippen LogP contribution >= 0.6 is 0 Å². The molecule has 30 heavy (non-hydrogen) atoms. The number of ether oxygens (including phenoxy) is 1. The fourth-order valence-electron chi connectivity index (χ4n) is 4.48. The molecular weight excluding hydrogens is 410 g/mol. The molecule has 9 nitrogen and oxygen atoms in total. The number of hydrogen-bond donors (Lipinski definition) is 1. The molecule has 0 amide bonds. The van der Waals surface area contributed by atoms with Gasteiger partial charge in [-0.2, -0.15) is 4.31 Å². The van der Waals surface area contributed by atoms with Crippen molar-refractivity contribution in [1.29, 1.82) is 0 Å². The van der Waals surface area contributed by atoms with Gasteiger partial charge in [0.1, 0.15) is 12.7 Å². The highest BCUT2D eigenvalue weighted by Gasteiger charge is 2.30. The van der Waals surface area contributed by atoms with E-state index in [4.69, 9.17) is 4.74 Å². The maximum absolute atomic E-state index is 12.7. The van der Waals surface area contributed by atoms with Crippen LogP contribution in [-0.4, -0.2) is 73.1 Å². The second kappa shape index (κ2) is 9.59. The molecule has 2 saturated heterocycles. The highest BCUT2D eigenvalue weighted by molar-refractivity contribution is 7.89. The first-order chi connectivity index (χ1) is 14.2. The normalized spacial score (nSPS) is 24.6. The number of β-amino-alcohol motifs (C(OH)–C–C–N with tert-alkyl or cyclic N) is 1. The minimum atomic E-state index is -3.76. The Kier molecular flexibility index (Phi) is 7.33. The summed E-state index contributed by atoms with van der Waals surface area (Å²) in [6.07, 6.45) is 1.95. The molecule has 0 radical (unpaired) electrons. The summed E-state index contributed by atoms with van der Waals surface area (Å²) >= 11 is 0. The minimum absolute atomic E-state index is 0.0418. The van der Waals surface area contributed by atoms with E-state index in [9.17, 15) is 23.6 Å². The van der Waals surface area contributed by atoms with Crippen LogP contribution in [0, 0.1) is 22.0 Å². The second-order valence-electron chi connectivity index (χ2n) is 8.63.